The van der Waals surface area contributed by atoms with E-state index in [4.69, 9.17) is 16.3 Å². The molecule has 1 aliphatic heterocycles. The Bertz CT molecular complexity index is 812. The van der Waals surface area contributed by atoms with Crippen molar-refractivity contribution in [2.75, 3.05) is 19.7 Å². The van der Waals surface area contributed by atoms with Gasteiger partial charge in [0.1, 0.15) is 5.60 Å². The molecule has 1 N–H and O–H groups in total. The number of hydrogen-bond acceptors (Lipinski definition) is 3. The summed E-state index contributed by atoms with van der Waals surface area (Å²) in [6, 6.07) is 8.16. The number of carbonyl (C=O) groups is 1. The molecule has 0 unspecified atom stereocenters. The molecule has 1 heterocycles. The third kappa shape index (κ3) is 6.26. The summed E-state index contributed by atoms with van der Waals surface area (Å²) in [5, 5.41) is 11.2. The molecular weight excluding hydrogens is 410 g/mol. The average molecular weight is 448 g/mol. The fourth-order valence-corrected chi connectivity index (χ4v) is 5.04. The van der Waals surface area contributed by atoms with E-state index in [2.05, 4.69) is 26.0 Å². The highest BCUT2D eigenvalue weighted by molar-refractivity contribution is 6.30. The molecule has 5 heteroatoms. The van der Waals surface area contributed by atoms with E-state index < -0.39 is 5.60 Å². The van der Waals surface area contributed by atoms with Crippen LogP contribution in [0.4, 0.5) is 4.79 Å². The number of allylic oxidation sites excluding steroid dienone is 2. The summed E-state index contributed by atoms with van der Waals surface area (Å²) in [6.07, 6.45) is 5.47. The number of likely N-dealkylation sites (tertiary alicyclic amines) is 1. The Morgan fingerprint density at radius 3 is 2.29 bits per heavy atom. The van der Waals surface area contributed by atoms with Crippen molar-refractivity contribution in [1.29, 1.82) is 0 Å². The minimum Gasteiger partial charge on any atom is -0.444 e. The van der Waals surface area contributed by atoms with Crippen LogP contribution in [0.1, 0.15) is 78.7 Å². The third-order valence-corrected chi connectivity index (χ3v) is 7.01. The number of halogens is 1. The maximum atomic E-state index is 12.5. The van der Waals surface area contributed by atoms with Gasteiger partial charge in [0.2, 0.25) is 0 Å². The van der Waals surface area contributed by atoms with Gasteiger partial charge in [-0.2, -0.15) is 0 Å². The number of ether oxygens (including phenoxy) is 1. The van der Waals surface area contributed by atoms with E-state index in [1.807, 2.05) is 32.9 Å². The van der Waals surface area contributed by atoms with Crippen molar-refractivity contribution in [3.05, 3.63) is 40.4 Å². The molecule has 1 fully saturated rings. The van der Waals surface area contributed by atoms with Crippen molar-refractivity contribution in [2.24, 2.45) is 10.8 Å². The van der Waals surface area contributed by atoms with Crippen molar-refractivity contribution in [3.63, 3.8) is 0 Å². The fraction of sp³-hybridized carbons (Fsp3) is 0.654. The number of aliphatic hydroxyl groups is 1. The monoisotopic (exact) mass is 447 g/mol. The molecule has 1 amide bonds. The lowest BCUT2D eigenvalue weighted by molar-refractivity contribution is -0.000614. The molecule has 0 aromatic heterocycles. The summed E-state index contributed by atoms with van der Waals surface area (Å²) in [4.78, 5) is 14.3. The molecular formula is C26H38ClNO3. The van der Waals surface area contributed by atoms with Crippen LogP contribution < -0.4 is 0 Å². The molecule has 0 spiro atoms. The van der Waals surface area contributed by atoms with E-state index >= 15 is 0 Å². The topological polar surface area (TPSA) is 49.8 Å². The molecule has 3 rings (SSSR count). The Hall–Kier alpha value is -1.52. The molecule has 1 aromatic rings. The lowest BCUT2D eigenvalue weighted by Gasteiger charge is -2.43. The van der Waals surface area contributed by atoms with Crippen LogP contribution in [0, 0.1) is 10.8 Å². The first kappa shape index (κ1) is 24.1. The molecule has 1 aromatic carbocycles. The summed E-state index contributed by atoms with van der Waals surface area (Å²) in [6.45, 7) is 11.7. The first-order valence-electron chi connectivity index (χ1n) is 11.5. The molecule has 2 aliphatic rings. The maximum absolute atomic E-state index is 12.5. The average Bonchev–Trinajstić information content (AvgIpc) is 2.68. The molecule has 4 nitrogen and oxygen atoms in total. The summed E-state index contributed by atoms with van der Waals surface area (Å²) in [7, 11) is 0. The Balaban J connectivity index is 1.79. The van der Waals surface area contributed by atoms with E-state index in [1.54, 1.807) is 4.90 Å². The smallest absolute Gasteiger partial charge is 0.410 e. The van der Waals surface area contributed by atoms with Crippen LogP contribution in [0.25, 0.3) is 5.57 Å². The SMILES string of the molecule is CC1(C)CCC(c2ccc(Cl)cc2)=C(CC2(CO)CCN(C(=O)OC(C)(C)C)CC2)C1. The van der Waals surface area contributed by atoms with Gasteiger partial charge in [0.25, 0.3) is 0 Å². The predicted molar refractivity (Wildman–Crippen MR) is 127 cm³/mol. The van der Waals surface area contributed by atoms with Crippen LogP contribution in [0.3, 0.4) is 0 Å². The highest BCUT2D eigenvalue weighted by Gasteiger charge is 2.39. The molecule has 1 aliphatic carbocycles. The largest absolute Gasteiger partial charge is 0.444 e. The van der Waals surface area contributed by atoms with Gasteiger partial charge in [0.05, 0.1) is 0 Å². The molecule has 31 heavy (non-hydrogen) atoms. The summed E-state index contributed by atoms with van der Waals surface area (Å²) < 4.78 is 5.55. The number of benzene rings is 1. The minimum atomic E-state index is -0.491. The number of amides is 1. The zero-order valence-corrected chi connectivity index (χ0v) is 20.5. The van der Waals surface area contributed by atoms with E-state index in [0.29, 0.717) is 13.1 Å². The van der Waals surface area contributed by atoms with Gasteiger partial charge in [0.15, 0.2) is 0 Å². The summed E-state index contributed by atoms with van der Waals surface area (Å²) in [5.74, 6) is 0. The van der Waals surface area contributed by atoms with Crippen LogP contribution >= 0.6 is 11.6 Å². The first-order valence-corrected chi connectivity index (χ1v) is 11.9. The standard InChI is InChI=1S/C26H38ClNO3/c1-24(2,3)31-23(30)28-14-12-26(18-29,13-15-28)17-20-16-25(4,5)11-10-22(20)19-6-8-21(27)9-7-19/h6-9,29H,10-18H2,1-5H3. The van der Waals surface area contributed by atoms with Crippen LogP contribution in [0.15, 0.2) is 29.8 Å². The maximum Gasteiger partial charge on any atom is 0.410 e. The highest BCUT2D eigenvalue weighted by Crippen LogP contribution is 2.48. The number of carbonyl (C=O) groups excluding carboxylic acids is 1. The van der Waals surface area contributed by atoms with Gasteiger partial charge < -0.3 is 14.7 Å². The van der Waals surface area contributed by atoms with E-state index in [0.717, 1.165) is 43.5 Å². The lowest BCUT2D eigenvalue weighted by Crippen LogP contribution is -2.46. The second-order valence-electron chi connectivity index (χ2n) is 11.2. The second kappa shape index (κ2) is 9.15. The van der Waals surface area contributed by atoms with Crippen LogP contribution in [-0.2, 0) is 4.74 Å². The van der Waals surface area contributed by atoms with Gasteiger partial charge in [-0.25, -0.2) is 4.79 Å². The number of nitrogens with zero attached hydrogens (tertiary/aromatic N) is 1. The van der Waals surface area contributed by atoms with Gasteiger partial charge in [0, 0.05) is 30.1 Å². The zero-order valence-electron chi connectivity index (χ0n) is 19.8. The van der Waals surface area contributed by atoms with E-state index in [-0.39, 0.29) is 23.5 Å². The predicted octanol–water partition coefficient (Wildman–Crippen LogP) is 6.70. The number of aliphatic hydroxyl groups excluding tert-OH is 1. The zero-order chi connectivity index (χ0) is 22.9. The van der Waals surface area contributed by atoms with E-state index in [9.17, 15) is 9.90 Å². The van der Waals surface area contributed by atoms with E-state index in [1.165, 1.54) is 16.7 Å². The summed E-state index contributed by atoms with van der Waals surface area (Å²) >= 11 is 6.12. The molecule has 0 saturated carbocycles. The van der Waals surface area contributed by atoms with Crippen molar-refractivity contribution in [1.82, 2.24) is 4.90 Å². The van der Waals surface area contributed by atoms with Crippen molar-refractivity contribution < 1.29 is 14.6 Å². The fourth-order valence-electron chi connectivity index (χ4n) is 4.92. The van der Waals surface area contributed by atoms with Gasteiger partial charge in [-0.1, -0.05) is 43.2 Å². The van der Waals surface area contributed by atoms with Crippen LogP contribution in [-0.4, -0.2) is 41.4 Å². The van der Waals surface area contributed by atoms with Gasteiger partial charge in [-0.05, 0) is 88.0 Å². The van der Waals surface area contributed by atoms with Gasteiger partial charge in [-0.15, -0.1) is 0 Å². The molecule has 0 bridgehead atoms. The minimum absolute atomic E-state index is 0.146. The quantitative estimate of drug-likeness (QED) is 0.558. The Kier molecular flexibility index (Phi) is 7.12. The third-order valence-electron chi connectivity index (χ3n) is 6.76. The Morgan fingerprint density at radius 1 is 1.13 bits per heavy atom. The molecule has 0 radical (unpaired) electrons. The van der Waals surface area contributed by atoms with Crippen molar-refractivity contribution >= 4 is 23.3 Å². The first-order chi connectivity index (χ1) is 14.4. The number of piperidine rings is 1. The number of rotatable bonds is 4. The van der Waals surface area contributed by atoms with Gasteiger partial charge >= 0.3 is 6.09 Å². The number of hydrogen-bond donors (Lipinski definition) is 1. The van der Waals surface area contributed by atoms with Crippen LogP contribution in [0.5, 0.6) is 0 Å². The summed E-state index contributed by atoms with van der Waals surface area (Å²) in [5.41, 5.74) is 3.71. The van der Waals surface area contributed by atoms with Crippen LogP contribution in [0.2, 0.25) is 5.02 Å². The molecule has 172 valence electrons. The highest BCUT2D eigenvalue weighted by atomic mass is 35.5. The normalized spacial score (nSPS) is 21.2. The van der Waals surface area contributed by atoms with Gasteiger partial charge in [-0.3, -0.25) is 0 Å². The lowest BCUT2D eigenvalue weighted by atomic mass is 9.66. The Morgan fingerprint density at radius 2 is 1.74 bits per heavy atom. The van der Waals surface area contributed by atoms with Crippen molar-refractivity contribution in [3.8, 4) is 0 Å². The molecule has 1 saturated heterocycles. The molecule has 0 atom stereocenters. The van der Waals surface area contributed by atoms with Crippen molar-refractivity contribution in [2.45, 2.75) is 78.7 Å². The Labute approximate surface area is 192 Å². The second-order valence-corrected chi connectivity index (χ2v) is 11.7.